The molecule has 1 atom stereocenters. The maximum atomic E-state index is 9.42. The lowest BCUT2D eigenvalue weighted by molar-refractivity contribution is 0.198. The summed E-state index contributed by atoms with van der Waals surface area (Å²) in [6.07, 6.45) is 3.46. The van der Waals surface area contributed by atoms with Crippen LogP contribution in [0.5, 0.6) is 0 Å². The summed E-state index contributed by atoms with van der Waals surface area (Å²) in [4.78, 5) is 10.1. The van der Waals surface area contributed by atoms with Crippen molar-refractivity contribution < 1.29 is 5.11 Å². The van der Waals surface area contributed by atoms with Crippen molar-refractivity contribution in [2.24, 2.45) is 5.73 Å². The van der Waals surface area contributed by atoms with Crippen LogP contribution in [0.1, 0.15) is 12.1 Å². The Hall–Kier alpha value is -1.69. The van der Waals surface area contributed by atoms with Gasteiger partial charge in [-0.15, -0.1) is 0 Å². The number of hydrogen-bond acceptors (Lipinski definition) is 5. The van der Waals surface area contributed by atoms with Gasteiger partial charge in [0.25, 0.3) is 0 Å². The number of aliphatic hydroxyl groups excluding tert-OH is 1. The molecule has 1 fully saturated rings. The zero-order valence-corrected chi connectivity index (χ0v) is 8.22. The Labute approximate surface area is 87.3 Å². The zero-order valence-electron chi connectivity index (χ0n) is 8.22. The molecule has 1 aliphatic heterocycles. The van der Waals surface area contributed by atoms with Crippen molar-refractivity contribution >= 4 is 11.7 Å². The van der Waals surface area contributed by atoms with Crippen LogP contribution in [0.2, 0.25) is 0 Å². The number of nitrogens with zero attached hydrogens (tertiary/aromatic N) is 3. The van der Waals surface area contributed by atoms with Gasteiger partial charge in [-0.05, 0) is 6.42 Å². The van der Waals surface area contributed by atoms with Crippen molar-refractivity contribution in [2.75, 3.05) is 18.0 Å². The molecule has 0 radical (unpaired) electrons. The number of aliphatic hydroxyl groups is 1. The monoisotopic (exact) mass is 207 g/mol. The second-order valence-electron chi connectivity index (χ2n) is 3.53. The summed E-state index contributed by atoms with van der Waals surface area (Å²) in [7, 11) is 0. The van der Waals surface area contributed by atoms with E-state index in [0.29, 0.717) is 24.5 Å². The predicted molar refractivity (Wildman–Crippen MR) is 55.9 cm³/mol. The van der Waals surface area contributed by atoms with Gasteiger partial charge in [-0.3, -0.25) is 5.41 Å². The van der Waals surface area contributed by atoms with Crippen molar-refractivity contribution in [3.63, 3.8) is 0 Å². The molecule has 80 valence electrons. The molecule has 1 saturated heterocycles. The van der Waals surface area contributed by atoms with E-state index < -0.39 is 0 Å². The second kappa shape index (κ2) is 3.82. The molecule has 1 aromatic heterocycles. The normalized spacial score (nSPS) is 20.6. The van der Waals surface area contributed by atoms with E-state index in [1.54, 1.807) is 6.20 Å². The molecule has 0 saturated carbocycles. The molecule has 2 rings (SSSR count). The first-order valence-electron chi connectivity index (χ1n) is 4.77. The Morgan fingerprint density at radius 3 is 2.87 bits per heavy atom. The van der Waals surface area contributed by atoms with Crippen LogP contribution >= 0.6 is 0 Å². The third kappa shape index (κ3) is 1.89. The maximum Gasteiger partial charge on any atom is 0.158 e. The van der Waals surface area contributed by atoms with Gasteiger partial charge in [-0.1, -0.05) is 0 Å². The molecule has 0 spiro atoms. The SMILES string of the molecule is N=C(N)c1nccnc1N1CCC(O)C1. The largest absolute Gasteiger partial charge is 0.391 e. The first-order chi connectivity index (χ1) is 7.18. The van der Waals surface area contributed by atoms with Crippen molar-refractivity contribution in [3.8, 4) is 0 Å². The van der Waals surface area contributed by atoms with Crippen molar-refractivity contribution in [3.05, 3.63) is 18.1 Å². The van der Waals surface area contributed by atoms with Crippen molar-refractivity contribution in [1.82, 2.24) is 9.97 Å². The Morgan fingerprint density at radius 2 is 2.27 bits per heavy atom. The molecule has 0 bridgehead atoms. The van der Waals surface area contributed by atoms with Gasteiger partial charge >= 0.3 is 0 Å². The van der Waals surface area contributed by atoms with Crippen LogP contribution in [0.3, 0.4) is 0 Å². The molecule has 1 unspecified atom stereocenters. The highest BCUT2D eigenvalue weighted by Gasteiger charge is 2.24. The predicted octanol–water partition coefficient (Wildman–Crippen LogP) is -0.668. The molecular formula is C9H13N5O. The van der Waals surface area contributed by atoms with Gasteiger partial charge in [0.05, 0.1) is 6.10 Å². The lowest BCUT2D eigenvalue weighted by Crippen LogP contribution is -2.27. The minimum Gasteiger partial charge on any atom is -0.391 e. The smallest absolute Gasteiger partial charge is 0.158 e. The third-order valence-corrected chi connectivity index (χ3v) is 2.40. The summed E-state index contributed by atoms with van der Waals surface area (Å²) in [5.41, 5.74) is 5.79. The molecule has 0 aliphatic carbocycles. The number of nitrogen functional groups attached to an aromatic ring is 1. The van der Waals surface area contributed by atoms with E-state index >= 15 is 0 Å². The molecule has 15 heavy (non-hydrogen) atoms. The summed E-state index contributed by atoms with van der Waals surface area (Å²) < 4.78 is 0. The van der Waals surface area contributed by atoms with Crippen LogP contribution in [0, 0.1) is 5.41 Å². The van der Waals surface area contributed by atoms with Crippen LogP contribution in [-0.4, -0.2) is 40.1 Å². The van der Waals surface area contributed by atoms with E-state index in [2.05, 4.69) is 9.97 Å². The van der Waals surface area contributed by atoms with Gasteiger partial charge in [-0.2, -0.15) is 0 Å². The van der Waals surface area contributed by atoms with E-state index in [1.807, 2.05) is 4.90 Å². The number of amidine groups is 1. The van der Waals surface area contributed by atoms with E-state index in [9.17, 15) is 5.11 Å². The first kappa shape index (κ1) is 9.85. The van der Waals surface area contributed by atoms with Crippen LogP contribution in [-0.2, 0) is 0 Å². The molecule has 0 aromatic carbocycles. The average molecular weight is 207 g/mol. The lowest BCUT2D eigenvalue weighted by atomic mass is 10.3. The van der Waals surface area contributed by atoms with Gasteiger partial charge < -0.3 is 15.7 Å². The number of rotatable bonds is 2. The molecule has 4 N–H and O–H groups in total. The number of hydrogen-bond donors (Lipinski definition) is 3. The van der Waals surface area contributed by atoms with E-state index in [-0.39, 0.29) is 11.9 Å². The van der Waals surface area contributed by atoms with Gasteiger partial charge in [0.1, 0.15) is 11.5 Å². The Bertz CT molecular complexity index is 381. The Kier molecular flexibility index (Phi) is 2.51. The molecule has 6 heteroatoms. The fourth-order valence-electron chi connectivity index (χ4n) is 1.69. The minimum atomic E-state index is -0.327. The number of nitrogens with one attached hydrogen (secondary N) is 1. The highest BCUT2D eigenvalue weighted by molar-refractivity contribution is 5.97. The Balaban J connectivity index is 2.31. The van der Waals surface area contributed by atoms with Crippen LogP contribution in [0.25, 0.3) is 0 Å². The van der Waals surface area contributed by atoms with Crippen LogP contribution in [0.15, 0.2) is 12.4 Å². The number of nitrogens with two attached hydrogens (primary N) is 1. The lowest BCUT2D eigenvalue weighted by Gasteiger charge is -2.18. The third-order valence-electron chi connectivity index (χ3n) is 2.40. The standard InChI is InChI=1S/C9H13N5O/c10-8(11)7-9(13-3-2-12-7)14-4-1-6(15)5-14/h2-3,6,15H,1,4-5H2,(H3,10,11). The summed E-state index contributed by atoms with van der Waals surface area (Å²) in [6, 6.07) is 0. The fraction of sp³-hybridized carbons (Fsp3) is 0.444. The second-order valence-corrected chi connectivity index (χ2v) is 3.53. The summed E-state index contributed by atoms with van der Waals surface area (Å²) in [6.45, 7) is 1.25. The van der Waals surface area contributed by atoms with Gasteiger partial charge in [-0.25, -0.2) is 9.97 Å². The highest BCUT2D eigenvalue weighted by atomic mass is 16.3. The average Bonchev–Trinajstić information content (AvgIpc) is 2.65. The maximum absolute atomic E-state index is 9.42. The summed E-state index contributed by atoms with van der Waals surface area (Å²) in [5.74, 6) is 0.487. The number of anilines is 1. The van der Waals surface area contributed by atoms with Gasteiger partial charge in [0.15, 0.2) is 5.82 Å². The first-order valence-corrected chi connectivity index (χ1v) is 4.77. The van der Waals surface area contributed by atoms with E-state index in [4.69, 9.17) is 11.1 Å². The van der Waals surface area contributed by atoms with Gasteiger partial charge in [0.2, 0.25) is 0 Å². The molecule has 1 aliphatic rings. The molecule has 6 nitrogen and oxygen atoms in total. The topological polar surface area (TPSA) is 99.1 Å². The van der Waals surface area contributed by atoms with Crippen LogP contribution in [0.4, 0.5) is 5.82 Å². The quantitative estimate of drug-likeness (QED) is 0.441. The summed E-state index contributed by atoms with van der Waals surface area (Å²) >= 11 is 0. The molecule has 0 amide bonds. The molecular weight excluding hydrogens is 194 g/mol. The highest BCUT2D eigenvalue weighted by Crippen LogP contribution is 2.20. The number of β-amino-alcohol motifs (C(OH)–C–C–N with tert-alkyl or cyclic N) is 1. The van der Waals surface area contributed by atoms with Gasteiger partial charge in [0, 0.05) is 25.5 Å². The van der Waals surface area contributed by atoms with E-state index in [0.717, 1.165) is 6.54 Å². The minimum absolute atomic E-state index is 0.0977. The molecule has 1 aromatic rings. The Morgan fingerprint density at radius 1 is 1.53 bits per heavy atom. The fourth-order valence-corrected chi connectivity index (χ4v) is 1.69. The van der Waals surface area contributed by atoms with E-state index in [1.165, 1.54) is 6.20 Å². The molecule has 2 heterocycles. The van der Waals surface area contributed by atoms with Crippen LogP contribution < -0.4 is 10.6 Å². The van der Waals surface area contributed by atoms with Crippen molar-refractivity contribution in [2.45, 2.75) is 12.5 Å². The summed E-state index contributed by atoms with van der Waals surface area (Å²) in [5, 5.41) is 16.8. The zero-order chi connectivity index (χ0) is 10.8. The number of aromatic nitrogens is 2. The van der Waals surface area contributed by atoms with Crippen molar-refractivity contribution in [1.29, 1.82) is 5.41 Å².